The second-order valence-corrected chi connectivity index (χ2v) is 7.42. The van der Waals surface area contributed by atoms with Crippen molar-refractivity contribution < 1.29 is 18.3 Å². The number of benzene rings is 2. The number of carbonyl (C=O) groups is 1. The third kappa shape index (κ3) is 4.92. The molecule has 1 atom stereocenters. The zero-order chi connectivity index (χ0) is 21.0. The number of hydrogen-bond donors (Lipinski definition) is 1. The van der Waals surface area contributed by atoms with Gasteiger partial charge in [-0.1, -0.05) is 23.9 Å². The topological polar surface area (TPSA) is 73.2 Å². The summed E-state index contributed by atoms with van der Waals surface area (Å²) < 4.78 is 30.2. The molecule has 1 N–H and O–H groups in total. The lowest BCUT2D eigenvalue weighted by Gasteiger charge is -2.15. The van der Waals surface area contributed by atoms with E-state index in [1.54, 1.807) is 31.2 Å². The van der Waals surface area contributed by atoms with Crippen LogP contribution in [0.5, 0.6) is 5.75 Å². The quantitative estimate of drug-likeness (QED) is 0.460. The summed E-state index contributed by atoms with van der Waals surface area (Å²) in [5, 5.41) is 3.16. The van der Waals surface area contributed by atoms with Crippen LogP contribution in [0, 0.1) is 0 Å². The van der Waals surface area contributed by atoms with E-state index in [0.29, 0.717) is 28.3 Å². The average Bonchev–Trinajstić information content (AvgIpc) is 2.69. The van der Waals surface area contributed by atoms with E-state index in [0.717, 1.165) is 0 Å². The minimum Gasteiger partial charge on any atom is -0.435 e. The molecule has 0 aliphatic carbocycles. The molecule has 0 saturated heterocycles. The summed E-state index contributed by atoms with van der Waals surface area (Å²) >= 11 is 1.18. The van der Waals surface area contributed by atoms with Gasteiger partial charge < -0.3 is 10.1 Å². The van der Waals surface area contributed by atoms with Crippen LogP contribution in [0.25, 0.3) is 10.9 Å². The van der Waals surface area contributed by atoms with Crippen LogP contribution in [0.15, 0.2) is 58.5 Å². The van der Waals surface area contributed by atoms with E-state index in [1.807, 2.05) is 6.92 Å². The number of aromatic nitrogens is 2. The zero-order valence-electron chi connectivity index (χ0n) is 15.8. The first-order valence-corrected chi connectivity index (χ1v) is 9.79. The van der Waals surface area contributed by atoms with E-state index in [1.165, 1.54) is 40.6 Å². The van der Waals surface area contributed by atoms with Gasteiger partial charge in [-0.05, 0) is 50.2 Å². The molecule has 1 amide bonds. The van der Waals surface area contributed by atoms with Crippen LogP contribution >= 0.6 is 11.8 Å². The summed E-state index contributed by atoms with van der Waals surface area (Å²) in [4.78, 5) is 29.7. The maximum atomic E-state index is 12.7. The highest BCUT2D eigenvalue weighted by Crippen LogP contribution is 2.24. The molecule has 3 aromatic rings. The van der Waals surface area contributed by atoms with Crippen LogP contribution < -0.4 is 15.6 Å². The monoisotopic (exact) mass is 419 g/mol. The number of amides is 1. The molecular formula is C20H19F2N3O3S. The lowest BCUT2D eigenvalue weighted by molar-refractivity contribution is -0.115. The van der Waals surface area contributed by atoms with Gasteiger partial charge in [0.25, 0.3) is 5.56 Å². The number of anilines is 1. The zero-order valence-corrected chi connectivity index (χ0v) is 16.6. The number of ether oxygens (including phenoxy) is 1. The minimum atomic E-state index is -2.91. The van der Waals surface area contributed by atoms with E-state index in [4.69, 9.17) is 0 Å². The molecule has 29 heavy (non-hydrogen) atoms. The SMILES string of the molecule is CCn1c(SC(C)C(=O)Nc2ccc(OC(F)F)cc2)nc2ccccc2c1=O. The number of thioether (sulfide) groups is 1. The fourth-order valence-corrected chi connectivity index (χ4v) is 3.66. The number of alkyl halides is 2. The number of hydrogen-bond acceptors (Lipinski definition) is 5. The average molecular weight is 419 g/mol. The molecule has 6 nitrogen and oxygen atoms in total. The van der Waals surface area contributed by atoms with Gasteiger partial charge in [0.15, 0.2) is 5.16 Å². The maximum absolute atomic E-state index is 12.7. The van der Waals surface area contributed by atoms with Crippen LogP contribution in [0.2, 0.25) is 0 Å². The Balaban J connectivity index is 1.75. The summed E-state index contributed by atoms with van der Waals surface area (Å²) in [6.07, 6.45) is 0. The Labute approximate surface area is 169 Å². The summed E-state index contributed by atoms with van der Waals surface area (Å²) in [5.41, 5.74) is 0.873. The van der Waals surface area contributed by atoms with Crippen molar-refractivity contribution in [3.63, 3.8) is 0 Å². The second kappa shape index (κ2) is 9.04. The first-order valence-electron chi connectivity index (χ1n) is 8.91. The molecule has 0 radical (unpaired) electrons. The van der Waals surface area contributed by atoms with E-state index >= 15 is 0 Å². The van der Waals surface area contributed by atoms with E-state index in [-0.39, 0.29) is 17.2 Å². The number of nitrogens with one attached hydrogen (secondary N) is 1. The lowest BCUT2D eigenvalue weighted by Crippen LogP contribution is -2.26. The van der Waals surface area contributed by atoms with Crippen molar-refractivity contribution in [3.05, 3.63) is 58.9 Å². The first-order chi connectivity index (χ1) is 13.9. The summed E-state index contributed by atoms with van der Waals surface area (Å²) in [6.45, 7) is 1.07. The van der Waals surface area contributed by atoms with Gasteiger partial charge in [-0.15, -0.1) is 0 Å². The van der Waals surface area contributed by atoms with Crippen molar-refractivity contribution in [2.75, 3.05) is 5.32 Å². The number of nitrogens with zero attached hydrogens (tertiary/aromatic N) is 2. The van der Waals surface area contributed by atoms with Gasteiger partial charge in [0, 0.05) is 12.2 Å². The van der Waals surface area contributed by atoms with Crippen LogP contribution in [-0.2, 0) is 11.3 Å². The van der Waals surface area contributed by atoms with Crippen molar-refractivity contribution in [2.24, 2.45) is 0 Å². The number of halogens is 2. The summed E-state index contributed by atoms with van der Waals surface area (Å²) in [5.74, 6) is -0.296. The fourth-order valence-electron chi connectivity index (χ4n) is 2.69. The smallest absolute Gasteiger partial charge is 0.387 e. The molecule has 9 heteroatoms. The Morgan fingerprint density at radius 3 is 2.55 bits per heavy atom. The number of carbonyl (C=O) groups excluding carboxylic acids is 1. The van der Waals surface area contributed by atoms with Crippen LogP contribution in [0.4, 0.5) is 14.5 Å². The highest BCUT2D eigenvalue weighted by atomic mass is 32.2. The Morgan fingerprint density at radius 2 is 1.90 bits per heavy atom. The van der Waals surface area contributed by atoms with Gasteiger partial charge in [0.1, 0.15) is 5.75 Å². The Kier molecular flexibility index (Phi) is 6.48. The van der Waals surface area contributed by atoms with Crippen LogP contribution in [0.1, 0.15) is 13.8 Å². The molecule has 0 saturated carbocycles. The highest BCUT2D eigenvalue weighted by molar-refractivity contribution is 8.00. The molecule has 152 valence electrons. The van der Waals surface area contributed by atoms with Crippen LogP contribution in [-0.4, -0.2) is 27.3 Å². The predicted octanol–water partition coefficient (Wildman–Crippen LogP) is 4.14. The lowest BCUT2D eigenvalue weighted by atomic mass is 10.2. The number of para-hydroxylation sites is 1. The summed E-state index contributed by atoms with van der Waals surface area (Å²) in [7, 11) is 0. The molecule has 3 rings (SSSR count). The Bertz CT molecular complexity index is 1070. The molecule has 0 bridgehead atoms. The van der Waals surface area contributed by atoms with Crippen molar-refractivity contribution in [1.82, 2.24) is 9.55 Å². The standard InChI is InChI=1S/C20H19F2N3O3S/c1-3-25-18(27)15-6-4-5-7-16(15)24-20(25)29-12(2)17(26)23-13-8-10-14(11-9-13)28-19(21)22/h4-12,19H,3H2,1-2H3,(H,23,26). The number of rotatable bonds is 7. The molecule has 0 spiro atoms. The normalized spacial score (nSPS) is 12.2. The third-order valence-electron chi connectivity index (χ3n) is 4.14. The van der Waals surface area contributed by atoms with Gasteiger partial charge in [0.05, 0.1) is 16.2 Å². The number of fused-ring (bicyclic) bond motifs is 1. The van der Waals surface area contributed by atoms with Gasteiger partial charge in [-0.25, -0.2) is 4.98 Å². The van der Waals surface area contributed by atoms with Crippen molar-refractivity contribution in [3.8, 4) is 5.75 Å². The Hall–Kier alpha value is -2.94. The van der Waals surface area contributed by atoms with Gasteiger partial charge in [-0.3, -0.25) is 14.2 Å². The van der Waals surface area contributed by atoms with E-state index in [9.17, 15) is 18.4 Å². The third-order valence-corrected chi connectivity index (χ3v) is 5.23. The van der Waals surface area contributed by atoms with E-state index < -0.39 is 11.9 Å². The van der Waals surface area contributed by atoms with Gasteiger partial charge in [-0.2, -0.15) is 8.78 Å². The molecule has 0 fully saturated rings. The minimum absolute atomic E-state index is 0.00717. The van der Waals surface area contributed by atoms with Crippen molar-refractivity contribution in [1.29, 1.82) is 0 Å². The van der Waals surface area contributed by atoms with Crippen molar-refractivity contribution in [2.45, 2.75) is 37.4 Å². The second-order valence-electron chi connectivity index (χ2n) is 6.11. The highest BCUT2D eigenvalue weighted by Gasteiger charge is 2.19. The molecule has 0 aliphatic rings. The Morgan fingerprint density at radius 1 is 1.21 bits per heavy atom. The van der Waals surface area contributed by atoms with Crippen molar-refractivity contribution >= 4 is 34.3 Å². The molecule has 0 aliphatic heterocycles. The first kappa shape index (κ1) is 20.8. The van der Waals surface area contributed by atoms with Crippen LogP contribution in [0.3, 0.4) is 0 Å². The summed E-state index contributed by atoms with van der Waals surface area (Å²) in [6, 6.07) is 12.7. The molecule has 1 aromatic heterocycles. The van der Waals surface area contributed by atoms with E-state index in [2.05, 4.69) is 15.0 Å². The maximum Gasteiger partial charge on any atom is 0.387 e. The largest absolute Gasteiger partial charge is 0.435 e. The van der Waals surface area contributed by atoms with Gasteiger partial charge >= 0.3 is 6.61 Å². The molecule has 1 heterocycles. The van der Waals surface area contributed by atoms with Gasteiger partial charge in [0.2, 0.25) is 5.91 Å². The predicted molar refractivity (Wildman–Crippen MR) is 109 cm³/mol. The molecule has 2 aromatic carbocycles. The molecular weight excluding hydrogens is 400 g/mol. The fraction of sp³-hybridized carbons (Fsp3) is 0.250. The molecule has 1 unspecified atom stereocenters.